The topological polar surface area (TPSA) is 64.8 Å². The SMILES string of the molecule is CCOc1ccc2nc(N(Cc3ccco3)C(=O)CCSc3ccc(OC)cc3)sc2c1. The highest BCUT2D eigenvalue weighted by Crippen LogP contribution is 2.33. The van der Waals surface area contributed by atoms with Crippen molar-refractivity contribution >= 4 is 44.4 Å². The highest BCUT2D eigenvalue weighted by Gasteiger charge is 2.21. The molecule has 2 aromatic carbocycles. The number of carbonyl (C=O) groups is 1. The van der Waals surface area contributed by atoms with Crippen molar-refractivity contribution < 1.29 is 18.7 Å². The van der Waals surface area contributed by atoms with Crippen LogP contribution in [0.2, 0.25) is 0 Å². The zero-order valence-corrected chi connectivity index (χ0v) is 19.6. The van der Waals surface area contributed by atoms with E-state index in [2.05, 4.69) is 0 Å². The fourth-order valence-electron chi connectivity index (χ4n) is 3.15. The molecular weight excluding hydrogens is 444 g/mol. The average molecular weight is 469 g/mol. The number of thioether (sulfide) groups is 1. The zero-order valence-electron chi connectivity index (χ0n) is 17.9. The van der Waals surface area contributed by atoms with E-state index in [1.165, 1.54) is 11.3 Å². The van der Waals surface area contributed by atoms with Crippen molar-refractivity contribution in [1.82, 2.24) is 4.98 Å². The van der Waals surface area contributed by atoms with E-state index in [1.54, 1.807) is 30.0 Å². The third-order valence-electron chi connectivity index (χ3n) is 4.73. The second-order valence-electron chi connectivity index (χ2n) is 6.89. The van der Waals surface area contributed by atoms with E-state index in [0.29, 0.717) is 30.5 Å². The quantitative estimate of drug-likeness (QED) is 0.266. The molecule has 0 aliphatic heterocycles. The summed E-state index contributed by atoms with van der Waals surface area (Å²) in [6, 6.07) is 17.3. The number of benzene rings is 2. The van der Waals surface area contributed by atoms with Crippen LogP contribution in [-0.4, -0.2) is 30.4 Å². The number of furan rings is 1. The van der Waals surface area contributed by atoms with Crippen molar-refractivity contribution in [2.24, 2.45) is 0 Å². The van der Waals surface area contributed by atoms with Crippen LogP contribution in [-0.2, 0) is 11.3 Å². The van der Waals surface area contributed by atoms with Crippen molar-refractivity contribution in [1.29, 1.82) is 0 Å². The van der Waals surface area contributed by atoms with Crippen LogP contribution in [0, 0.1) is 0 Å². The first kappa shape index (κ1) is 22.2. The van der Waals surface area contributed by atoms with Gasteiger partial charge in [-0.3, -0.25) is 9.69 Å². The van der Waals surface area contributed by atoms with E-state index in [1.807, 2.05) is 61.5 Å². The second-order valence-corrected chi connectivity index (χ2v) is 9.07. The van der Waals surface area contributed by atoms with Gasteiger partial charge in [0.1, 0.15) is 17.3 Å². The van der Waals surface area contributed by atoms with Gasteiger partial charge in [0.15, 0.2) is 5.13 Å². The number of rotatable bonds is 10. The number of fused-ring (bicyclic) bond motifs is 1. The van der Waals surface area contributed by atoms with Gasteiger partial charge in [-0.25, -0.2) is 4.98 Å². The van der Waals surface area contributed by atoms with Crippen LogP contribution in [0.15, 0.2) is 70.2 Å². The molecule has 2 heterocycles. The number of anilines is 1. The molecule has 166 valence electrons. The molecule has 0 atom stereocenters. The van der Waals surface area contributed by atoms with E-state index in [9.17, 15) is 4.79 Å². The maximum absolute atomic E-state index is 13.2. The summed E-state index contributed by atoms with van der Waals surface area (Å²) in [6.07, 6.45) is 2.00. The Bertz CT molecular complexity index is 1160. The Kier molecular flexibility index (Phi) is 7.34. The molecule has 8 heteroatoms. The standard InChI is InChI=1S/C24H24N2O4S2/c1-3-29-18-8-11-21-22(15-18)32-24(25-21)26(16-19-5-4-13-30-19)23(27)12-14-31-20-9-6-17(28-2)7-10-20/h4-11,13,15H,3,12,14,16H2,1-2H3. The summed E-state index contributed by atoms with van der Waals surface area (Å²) in [6.45, 7) is 2.90. The Morgan fingerprint density at radius 2 is 1.97 bits per heavy atom. The lowest BCUT2D eigenvalue weighted by Gasteiger charge is -2.18. The first-order valence-corrected chi connectivity index (χ1v) is 12.1. The molecule has 0 saturated heterocycles. The Balaban J connectivity index is 1.49. The van der Waals surface area contributed by atoms with Crippen molar-refractivity contribution in [2.75, 3.05) is 24.4 Å². The lowest BCUT2D eigenvalue weighted by atomic mass is 10.3. The number of aromatic nitrogens is 1. The minimum absolute atomic E-state index is 0.00602. The molecule has 0 aliphatic carbocycles. The largest absolute Gasteiger partial charge is 0.497 e. The van der Waals surface area contributed by atoms with Crippen LogP contribution in [0.1, 0.15) is 19.1 Å². The van der Waals surface area contributed by atoms with E-state index >= 15 is 0 Å². The molecule has 0 radical (unpaired) electrons. The van der Waals surface area contributed by atoms with Gasteiger partial charge in [-0.1, -0.05) is 11.3 Å². The predicted octanol–water partition coefficient (Wildman–Crippen LogP) is 6.01. The van der Waals surface area contributed by atoms with Gasteiger partial charge in [0, 0.05) is 17.1 Å². The van der Waals surface area contributed by atoms with Crippen molar-refractivity contribution in [3.05, 3.63) is 66.6 Å². The normalized spacial score (nSPS) is 10.9. The molecular formula is C24H24N2O4S2. The number of methoxy groups -OCH3 is 1. The van der Waals surface area contributed by atoms with Gasteiger partial charge in [0.05, 0.1) is 36.7 Å². The van der Waals surface area contributed by atoms with Gasteiger partial charge >= 0.3 is 0 Å². The molecule has 4 rings (SSSR count). The maximum atomic E-state index is 13.2. The summed E-state index contributed by atoms with van der Waals surface area (Å²) >= 11 is 3.12. The van der Waals surface area contributed by atoms with Gasteiger partial charge < -0.3 is 13.9 Å². The fraction of sp³-hybridized carbons (Fsp3) is 0.250. The van der Waals surface area contributed by atoms with Crippen LogP contribution in [0.3, 0.4) is 0 Å². The molecule has 1 amide bonds. The summed E-state index contributed by atoms with van der Waals surface area (Å²) in [7, 11) is 1.65. The van der Waals surface area contributed by atoms with Crippen molar-refractivity contribution in [2.45, 2.75) is 24.8 Å². The lowest BCUT2D eigenvalue weighted by molar-refractivity contribution is -0.118. The third kappa shape index (κ3) is 5.44. The fourth-order valence-corrected chi connectivity index (χ4v) is 5.00. The van der Waals surface area contributed by atoms with Crippen molar-refractivity contribution in [3.63, 3.8) is 0 Å². The van der Waals surface area contributed by atoms with Crippen LogP contribution in [0.5, 0.6) is 11.5 Å². The summed E-state index contributed by atoms with van der Waals surface area (Å²) < 4.78 is 17.3. The van der Waals surface area contributed by atoms with Crippen LogP contribution in [0.25, 0.3) is 10.2 Å². The monoisotopic (exact) mass is 468 g/mol. The number of amides is 1. The molecule has 6 nitrogen and oxygen atoms in total. The number of hydrogen-bond acceptors (Lipinski definition) is 7. The number of ether oxygens (including phenoxy) is 2. The van der Waals surface area contributed by atoms with Crippen LogP contribution >= 0.6 is 23.1 Å². The summed E-state index contributed by atoms with van der Waals surface area (Å²) in [5, 5.41) is 0.657. The zero-order chi connectivity index (χ0) is 22.3. The minimum atomic E-state index is 0.00602. The van der Waals surface area contributed by atoms with E-state index in [-0.39, 0.29) is 5.91 Å². The smallest absolute Gasteiger partial charge is 0.230 e. The Morgan fingerprint density at radius 3 is 2.69 bits per heavy atom. The van der Waals surface area contributed by atoms with Crippen molar-refractivity contribution in [3.8, 4) is 11.5 Å². The van der Waals surface area contributed by atoms with E-state index in [0.717, 1.165) is 32.4 Å². The van der Waals surface area contributed by atoms with E-state index in [4.69, 9.17) is 18.9 Å². The lowest BCUT2D eigenvalue weighted by Crippen LogP contribution is -2.30. The minimum Gasteiger partial charge on any atom is -0.497 e. The first-order chi connectivity index (χ1) is 15.7. The van der Waals surface area contributed by atoms with Gasteiger partial charge in [0.25, 0.3) is 0 Å². The highest BCUT2D eigenvalue weighted by atomic mass is 32.2. The number of carbonyl (C=O) groups excluding carboxylic acids is 1. The Hall–Kier alpha value is -2.97. The molecule has 0 unspecified atom stereocenters. The molecule has 4 aromatic rings. The molecule has 0 fully saturated rings. The first-order valence-electron chi connectivity index (χ1n) is 10.3. The summed E-state index contributed by atoms with van der Waals surface area (Å²) in [5.41, 5.74) is 0.846. The Labute approximate surface area is 195 Å². The summed E-state index contributed by atoms with van der Waals surface area (Å²) in [5.74, 6) is 3.01. The third-order valence-corrected chi connectivity index (χ3v) is 6.78. The molecule has 0 spiro atoms. The molecule has 2 aromatic heterocycles. The van der Waals surface area contributed by atoms with Gasteiger partial charge in [0.2, 0.25) is 5.91 Å². The number of hydrogen-bond donors (Lipinski definition) is 0. The summed E-state index contributed by atoms with van der Waals surface area (Å²) in [4.78, 5) is 20.7. The van der Waals surface area contributed by atoms with Crippen LogP contribution < -0.4 is 14.4 Å². The maximum Gasteiger partial charge on any atom is 0.230 e. The molecule has 0 aliphatic rings. The molecule has 0 N–H and O–H groups in total. The van der Waals surface area contributed by atoms with Crippen LogP contribution in [0.4, 0.5) is 5.13 Å². The highest BCUT2D eigenvalue weighted by molar-refractivity contribution is 7.99. The number of thiazole rings is 1. The second kappa shape index (κ2) is 10.6. The molecule has 0 saturated carbocycles. The number of nitrogens with zero attached hydrogens (tertiary/aromatic N) is 2. The molecule has 32 heavy (non-hydrogen) atoms. The van der Waals surface area contributed by atoms with Gasteiger partial charge in [-0.2, -0.15) is 0 Å². The van der Waals surface area contributed by atoms with Gasteiger partial charge in [-0.15, -0.1) is 11.8 Å². The Morgan fingerprint density at radius 1 is 1.16 bits per heavy atom. The molecule has 0 bridgehead atoms. The van der Waals surface area contributed by atoms with E-state index < -0.39 is 0 Å². The predicted molar refractivity (Wildman–Crippen MR) is 129 cm³/mol. The van der Waals surface area contributed by atoms with Gasteiger partial charge in [-0.05, 0) is 61.5 Å². The average Bonchev–Trinajstić information content (AvgIpc) is 3.47.